The van der Waals surface area contributed by atoms with Gasteiger partial charge in [-0.05, 0) is 21.5 Å². The molecule has 5 heterocycles. The Labute approximate surface area is 283 Å². The number of benzene rings is 4. The maximum atomic E-state index is 9.10. The van der Waals surface area contributed by atoms with E-state index < -0.39 is 11.9 Å². The van der Waals surface area contributed by atoms with Gasteiger partial charge >= 0.3 is 38.1 Å². The second kappa shape index (κ2) is 11.8. The Balaban J connectivity index is 0.000000462. The van der Waals surface area contributed by atoms with Gasteiger partial charge in [0, 0.05) is 44.8 Å². The van der Waals surface area contributed by atoms with Gasteiger partial charge in [0.25, 0.3) is 0 Å². The Hall–Kier alpha value is -5.94. The van der Waals surface area contributed by atoms with Crippen molar-refractivity contribution >= 4 is 56.1 Å². The van der Waals surface area contributed by atoms with Gasteiger partial charge in [0.15, 0.2) is 0 Å². The minimum absolute atomic E-state index is 0. The molecule has 0 spiro atoms. The molecule has 4 aromatic carbocycles. The predicted octanol–water partition coefficient (Wildman–Crippen LogP) is 5.28. The fourth-order valence-corrected chi connectivity index (χ4v) is 5.46. The van der Waals surface area contributed by atoms with Crippen molar-refractivity contribution in [3.05, 3.63) is 97.1 Å². The number of carbonyl (C=O) groups is 2. The summed E-state index contributed by atoms with van der Waals surface area (Å²) in [6, 6.07) is 31.8. The second-order valence-corrected chi connectivity index (χ2v) is 10.3. The minimum atomic E-state index is -1.82. The van der Waals surface area contributed by atoms with Gasteiger partial charge in [0.2, 0.25) is 0 Å². The molecule has 3 aromatic heterocycles. The maximum Gasteiger partial charge on any atom is 2.00 e. The van der Waals surface area contributed by atoms with Gasteiger partial charge in [0.05, 0.1) is 23.3 Å². The van der Waals surface area contributed by atoms with Crippen LogP contribution in [-0.4, -0.2) is 52.1 Å². The third-order valence-electron chi connectivity index (χ3n) is 7.51. The number of hydrogen-bond donors (Lipinski definition) is 2. The zero-order chi connectivity index (χ0) is 31.4. The molecule has 0 fully saturated rings. The summed E-state index contributed by atoms with van der Waals surface area (Å²) in [6.07, 6.45) is 0. The number of rotatable bonds is 0. The molecule has 222 valence electrons. The summed E-state index contributed by atoms with van der Waals surface area (Å²) < 4.78 is 0. The van der Waals surface area contributed by atoms with Crippen molar-refractivity contribution in [1.82, 2.24) is 39.9 Å². The van der Waals surface area contributed by atoms with Crippen molar-refractivity contribution in [3.63, 3.8) is 0 Å². The number of hydrogen-bond acceptors (Lipinski definition) is 8. The summed E-state index contributed by atoms with van der Waals surface area (Å²) in [4.78, 5) is 57.5. The van der Waals surface area contributed by atoms with Crippen molar-refractivity contribution in [2.75, 3.05) is 0 Å². The summed E-state index contributed by atoms with van der Waals surface area (Å²) in [7, 11) is 0. The first-order valence-electron chi connectivity index (χ1n) is 14.0. The maximum absolute atomic E-state index is 9.10. The van der Waals surface area contributed by atoms with Crippen LogP contribution in [0.25, 0.3) is 89.7 Å². The van der Waals surface area contributed by atoms with E-state index >= 15 is 0 Å². The van der Waals surface area contributed by atoms with E-state index in [2.05, 4.69) is 0 Å². The molecule has 8 bridgehead atoms. The van der Waals surface area contributed by atoms with E-state index in [9.17, 15) is 0 Å². The summed E-state index contributed by atoms with van der Waals surface area (Å²) in [5, 5.41) is 18.4. The van der Waals surface area contributed by atoms with E-state index in [4.69, 9.17) is 59.7 Å². The first-order valence-corrected chi connectivity index (χ1v) is 14.0. The second-order valence-electron chi connectivity index (χ2n) is 10.3. The van der Waals surface area contributed by atoms with Crippen LogP contribution in [0.4, 0.5) is 0 Å². The Morgan fingerprint density at radius 1 is 0.404 bits per heavy atom. The van der Waals surface area contributed by atoms with Crippen molar-refractivity contribution in [2.24, 2.45) is 0 Å². The molecule has 47 heavy (non-hydrogen) atoms. The molecule has 0 saturated heterocycles. The summed E-state index contributed by atoms with van der Waals surface area (Å²) in [5.41, 5.74) is 5.78. The standard InChI is InChI=1S/C32H16N8.C2H2O4.Zr/c1-2-10-18-17(9-1)25-33-26(18)38-28-21-13-5-6-14-22(21)30(35-28)40-32-24-16-8-7-15-23(24)31(36-32)39-29-20-12-4-3-11-19(20)27(34-29)37-25;3-1(4)2(5)6;/h1-16H;(H,3,4)(H,5,6);/q-2;;+2. The van der Waals surface area contributed by atoms with E-state index in [0.717, 1.165) is 43.8 Å². The fraction of sp³-hybridized carbons (Fsp3) is 0. The van der Waals surface area contributed by atoms with Crippen LogP contribution in [-0.2, 0) is 35.8 Å². The van der Waals surface area contributed by atoms with Crippen LogP contribution >= 0.6 is 0 Å². The topological polar surface area (TPSA) is 180 Å². The van der Waals surface area contributed by atoms with Gasteiger partial charge in [-0.3, -0.25) is 0 Å². The van der Waals surface area contributed by atoms with E-state index in [1.807, 2.05) is 97.1 Å². The number of aromatic nitrogens is 8. The minimum Gasteiger partial charge on any atom is -0.473 e. The molecule has 0 amide bonds. The Morgan fingerprint density at radius 3 is 0.872 bits per heavy atom. The third kappa shape index (κ3) is 5.16. The van der Waals surface area contributed by atoms with Crippen LogP contribution in [0.3, 0.4) is 0 Å². The van der Waals surface area contributed by atoms with Crippen LogP contribution in [0.1, 0.15) is 0 Å². The molecule has 0 saturated carbocycles. The van der Waals surface area contributed by atoms with Crippen molar-refractivity contribution < 1.29 is 46.0 Å². The summed E-state index contributed by atoms with van der Waals surface area (Å²) in [6.45, 7) is 0. The molecule has 2 aliphatic heterocycles. The molecule has 0 unspecified atom stereocenters. The smallest absolute Gasteiger partial charge is 0.473 e. The quantitative estimate of drug-likeness (QED) is 0.197. The van der Waals surface area contributed by atoms with Crippen molar-refractivity contribution in [2.45, 2.75) is 0 Å². The van der Waals surface area contributed by atoms with Gasteiger partial charge < -0.3 is 40.1 Å². The van der Waals surface area contributed by atoms with Crippen LogP contribution in [0.5, 0.6) is 0 Å². The SMILES string of the molecule is O=C(O)C(=O)O.[Zr+2].c1ccc2c(c1)-c1nc-2nc2[n-]c(nc3nc(nc4[n-]c(n1)c1ccccc41)-c1ccccc1-3)c1ccccc21. The van der Waals surface area contributed by atoms with Gasteiger partial charge in [-0.1, -0.05) is 97.1 Å². The van der Waals surface area contributed by atoms with E-state index in [-0.39, 0.29) is 26.2 Å². The molecule has 2 aliphatic rings. The van der Waals surface area contributed by atoms with Gasteiger partial charge in [-0.15, -0.1) is 0 Å². The number of nitrogens with zero attached hydrogens (tertiary/aromatic N) is 8. The van der Waals surface area contributed by atoms with Gasteiger partial charge in [-0.25, -0.2) is 19.6 Å². The molecule has 2 N–H and O–H groups in total. The zero-order valence-corrected chi connectivity index (χ0v) is 26.5. The fourth-order valence-electron chi connectivity index (χ4n) is 5.46. The predicted molar refractivity (Wildman–Crippen MR) is 169 cm³/mol. The molecular formula is C34H18N8O4Zr. The largest absolute Gasteiger partial charge is 2.00 e. The molecule has 0 radical (unpaired) electrons. The van der Waals surface area contributed by atoms with Crippen molar-refractivity contribution in [3.8, 4) is 45.6 Å². The Morgan fingerprint density at radius 2 is 0.638 bits per heavy atom. The van der Waals surface area contributed by atoms with E-state index in [1.54, 1.807) is 0 Å². The number of carboxylic acid groups (broad SMARTS) is 2. The number of fused-ring (bicyclic) bond motifs is 20. The Kier molecular flexibility index (Phi) is 7.45. The van der Waals surface area contributed by atoms with E-state index in [1.165, 1.54) is 0 Å². The van der Waals surface area contributed by atoms with Crippen LogP contribution in [0.15, 0.2) is 97.1 Å². The molecule has 0 aliphatic carbocycles. The monoisotopic (exact) mass is 692 g/mol. The molecule has 12 nitrogen and oxygen atoms in total. The Bertz CT molecular complexity index is 2250. The van der Waals surface area contributed by atoms with Gasteiger partial charge in [-0.2, -0.15) is 0 Å². The normalized spacial score (nSPS) is 11.1. The molecule has 9 rings (SSSR count). The zero-order valence-electron chi connectivity index (χ0n) is 24.0. The van der Waals surface area contributed by atoms with Crippen LogP contribution in [0.2, 0.25) is 0 Å². The summed E-state index contributed by atoms with van der Waals surface area (Å²) in [5.74, 6) is -1.44. The summed E-state index contributed by atoms with van der Waals surface area (Å²) >= 11 is 0. The average molecular weight is 694 g/mol. The number of carboxylic acids is 2. The van der Waals surface area contributed by atoms with Crippen molar-refractivity contribution in [1.29, 1.82) is 0 Å². The third-order valence-corrected chi connectivity index (χ3v) is 7.51. The first kappa shape index (κ1) is 29.8. The molecule has 7 aromatic rings. The number of aliphatic carboxylic acids is 2. The van der Waals surface area contributed by atoms with Crippen LogP contribution in [0, 0.1) is 0 Å². The van der Waals surface area contributed by atoms with E-state index in [0.29, 0.717) is 45.9 Å². The van der Waals surface area contributed by atoms with Crippen LogP contribution < -0.4 is 9.97 Å². The molecular weight excluding hydrogens is 676 g/mol. The average Bonchev–Trinajstić information content (AvgIpc) is 3.81. The molecule has 0 atom stereocenters. The first-order chi connectivity index (χ1) is 22.4. The van der Waals surface area contributed by atoms with Gasteiger partial charge in [0.1, 0.15) is 0 Å². The molecule has 13 heteroatoms.